The van der Waals surface area contributed by atoms with Crippen molar-refractivity contribution in [2.24, 2.45) is 0 Å². The third kappa shape index (κ3) is 6.70. The van der Waals surface area contributed by atoms with Gasteiger partial charge in [-0.15, -0.1) is 0 Å². The summed E-state index contributed by atoms with van der Waals surface area (Å²) in [5.74, 6) is -0.444. The zero-order valence-electron chi connectivity index (χ0n) is 12.5. The maximum Gasteiger partial charge on any atom is 0.407 e. The van der Waals surface area contributed by atoms with Crippen LogP contribution in [0, 0.1) is 5.82 Å². The van der Waals surface area contributed by atoms with Gasteiger partial charge in [-0.1, -0.05) is 18.2 Å². The lowest BCUT2D eigenvalue weighted by Gasteiger charge is -2.19. The van der Waals surface area contributed by atoms with Gasteiger partial charge >= 0.3 is 6.09 Å². The molecule has 0 aliphatic carbocycles. The Morgan fingerprint density at radius 1 is 1.33 bits per heavy atom. The Bertz CT molecular complexity index is 533. The summed E-state index contributed by atoms with van der Waals surface area (Å²) in [5.41, 5.74) is 0.419. The Kier molecular flexibility index (Phi) is 6.09. The molecule has 114 valence electrons. The fourth-order valence-electron chi connectivity index (χ4n) is 1.58. The number of aldehydes is 1. The molecule has 0 aliphatic heterocycles. The summed E-state index contributed by atoms with van der Waals surface area (Å²) in [6.07, 6.45) is 4.25. The maximum atomic E-state index is 13.0. The van der Waals surface area contributed by atoms with Gasteiger partial charge in [0.15, 0.2) is 6.29 Å². The van der Waals surface area contributed by atoms with Gasteiger partial charge in [0.25, 0.3) is 0 Å². The van der Waals surface area contributed by atoms with Crippen molar-refractivity contribution in [2.75, 3.05) is 6.54 Å². The highest BCUT2D eigenvalue weighted by atomic mass is 19.1. The predicted octanol–water partition coefficient (Wildman–Crippen LogP) is 3.57. The quantitative estimate of drug-likeness (QED) is 0.667. The van der Waals surface area contributed by atoms with Crippen LogP contribution in [-0.2, 0) is 4.74 Å². The van der Waals surface area contributed by atoms with Gasteiger partial charge in [0.05, 0.1) is 0 Å². The van der Waals surface area contributed by atoms with Gasteiger partial charge in [0.1, 0.15) is 11.4 Å². The molecule has 0 radical (unpaired) electrons. The summed E-state index contributed by atoms with van der Waals surface area (Å²) >= 11 is 0. The minimum absolute atomic E-state index is 0.298. The van der Waals surface area contributed by atoms with E-state index in [1.165, 1.54) is 18.2 Å². The predicted molar refractivity (Wildman–Crippen MR) is 79.7 cm³/mol. The molecule has 0 saturated carbocycles. The molecule has 1 N–H and O–H groups in total. The lowest BCUT2D eigenvalue weighted by molar-refractivity contribution is 0.0528. The van der Waals surface area contributed by atoms with Gasteiger partial charge in [-0.2, -0.15) is 0 Å². The number of alkyl carbamates (subject to hydrolysis) is 1. The fraction of sp³-hybridized carbons (Fsp3) is 0.375. The summed E-state index contributed by atoms with van der Waals surface area (Å²) in [6.45, 7) is 5.80. The Labute approximate surface area is 124 Å². The summed E-state index contributed by atoms with van der Waals surface area (Å²) in [7, 11) is 0. The van der Waals surface area contributed by atoms with Crippen LogP contribution < -0.4 is 5.32 Å². The Hall–Kier alpha value is -2.17. The number of carbonyl (C=O) groups is 2. The normalized spacial score (nSPS) is 11.4. The molecule has 1 rings (SSSR count). The molecule has 0 unspecified atom stereocenters. The van der Waals surface area contributed by atoms with E-state index in [0.717, 1.165) is 0 Å². The Morgan fingerprint density at radius 3 is 2.67 bits per heavy atom. The van der Waals surface area contributed by atoms with Gasteiger partial charge < -0.3 is 10.1 Å². The van der Waals surface area contributed by atoms with E-state index in [1.54, 1.807) is 32.9 Å². The third-order valence-corrected chi connectivity index (χ3v) is 2.45. The largest absolute Gasteiger partial charge is 0.444 e. The summed E-state index contributed by atoms with van der Waals surface area (Å²) in [4.78, 5) is 22.2. The van der Waals surface area contributed by atoms with Crippen LogP contribution in [0.4, 0.5) is 9.18 Å². The van der Waals surface area contributed by atoms with E-state index < -0.39 is 17.5 Å². The van der Waals surface area contributed by atoms with Crippen molar-refractivity contribution in [3.8, 4) is 0 Å². The first-order valence-corrected chi connectivity index (χ1v) is 6.70. The molecule has 1 aromatic rings. The topological polar surface area (TPSA) is 55.4 Å². The highest BCUT2D eigenvalue weighted by Gasteiger charge is 2.15. The summed E-state index contributed by atoms with van der Waals surface area (Å²) < 4.78 is 18.0. The van der Waals surface area contributed by atoms with E-state index in [1.807, 2.05) is 0 Å². The minimum Gasteiger partial charge on any atom is -0.444 e. The van der Waals surface area contributed by atoms with Crippen LogP contribution in [0.3, 0.4) is 0 Å². The Balaban J connectivity index is 2.42. The maximum absolute atomic E-state index is 13.0. The van der Waals surface area contributed by atoms with Crippen molar-refractivity contribution in [3.63, 3.8) is 0 Å². The Morgan fingerprint density at radius 2 is 2.05 bits per heavy atom. The number of halogens is 1. The molecular formula is C16H20FNO3. The van der Waals surface area contributed by atoms with Gasteiger partial charge in [-0.3, -0.25) is 4.79 Å². The molecule has 0 fully saturated rings. The number of benzene rings is 1. The van der Waals surface area contributed by atoms with Crippen molar-refractivity contribution in [1.29, 1.82) is 0 Å². The molecule has 0 heterocycles. The van der Waals surface area contributed by atoms with E-state index >= 15 is 0 Å². The van der Waals surface area contributed by atoms with E-state index in [2.05, 4.69) is 5.32 Å². The molecule has 0 atom stereocenters. The van der Waals surface area contributed by atoms with Gasteiger partial charge in [-0.05, 0) is 44.9 Å². The number of rotatable bonds is 5. The first-order valence-electron chi connectivity index (χ1n) is 6.70. The number of hydrogen-bond acceptors (Lipinski definition) is 3. The first-order chi connectivity index (χ1) is 9.81. The van der Waals surface area contributed by atoms with Crippen LogP contribution in [0.1, 0.15) is 43.1 Å². The van der Waals surface area contributed by atoms with Crippen molar-refractivity contribution < 1.29 is 18.7 Å². The van der Waals surface area contributed by atoms with Crippen LogP contribution in [0.25, 0.3) is 6.08 Å². The highest BCUT2D eigenvalue weighted by Crippen LogP contribution is 2.11. The monoisotopic (exact) mass is 293 g/mol. The molecule has 0 saturated heterocycles. The summed E-state index contributed by atoms with van der Waals surface area (Å²) in [6, 6.07) is 4.02. The van der Waals surface area contributed by atoms with Crippen molar-refractivity contribution >= 4 is 18.5 Å². The van der Waals surface area contributed by atoms with Gasteiger partial charge in [-0.25, -0.2) is 9.18 Å². The van der Waals surface area contributed by atoms with Crippen LogP contribution >= 0.6 is 0 Å². The SMILES string of the molecule is CC(C)(C)OC(=O)NCCC=Cc1ccc(F)cc1C=O. The smallest absolute Gasteiger partial charge is 0.407 e. The molecule has 0 aromatic heterocycles. The molecule has 1 amide bonds. The lowest BCUT2D eigenvalue weighted by Crippen LogP contribution is -2.32. The molecule has 4 nitrogen and oxygen atoms in total. The van der Waals surface area contributed by atoms with E-state index in [9.17, 15) is 14.0 Å². The molecule has 1 aromatic carbocycles. The molecular weight excluding hydrogens is 273 g/mol. The zero-order valence-corrected chi connectivity index (χ0v) is 12.5. The second kappa shape index (κ2) is 7.57. The third-order valence-electron chi connectivity index (χ3n) is 2.45. The van der Waals surface area contributed by atoms with E-state index in [-0.39, 0.29) is 0 Å². The summed E-state index contributed by atoms with van der Waals surface area (Å²) in [5, 5.41) is 2.62. The van der Waals surface area contributed by atoms with Crippen LogP contribution in [-0.4, -0.2) is 24.5 Å². The van der Waals surface area contributed by atoms with Gasteiger partial charge in [0.2, 0.25) is 0 Å². The standard InChI is InChI=1S/C16H20FNO3/c1-16(2,3)21-15(20)18-9-5-4-6-12-7-8-14(17)10-13(12)11-19/h4,6-8,10-11H,5,9H2,1-3H3,(H,18,20). The molecule has 0 aliphatic rings. The minimum atomic E-state index is -0.521. The average molecular weight is 293 g/mol. The number of nitrogens with one attached hydrogen (secondary N) is 1. The van der Waals surface area contributed by atoms with Crippen LogP contribution in [0.15, 0.2) is 24.3 Å². The first kappa shape index (κ1) is 16.9. The van der Waals surface area contributed by atoms with Crippen molar-refractivity contribution in [2.45, 2.75) is 32.8 Å². The van der Waals surface area contributed by atoms with Crippen molar-refractivity contribution in [3.05, 3.63) is 41.2 Å². The number of ether oxygens (including phenoxy) is 1. The van der Waals surface area contributed by atoms with E-state index in [4.69, 9.17) is 4.74 Å². The number of amides is 1. The van der Waals surface area contributed by atoms with Crippen molar-refractivity contribution in [1.82, 2.24) is 5.32 Å². The molecule has 5 heteroatoms. The van der Waals surface area contributed by atoms with Gasteiger partial charge in [0, 0.05) is 12.1 Å². The van der Waals surface area contributed by atoms with Crippen LogP contribution in [0.5, 0.6) is 0 Å². The molecule has 0 spiro atoms. The van der Waals surface area contributed by atoms with E-state index in [0.29, 0.717) is 30.4 Å². The molecule has 0 bridgehead atoms. The second-order valence-electron chi connectivity index (χ2n) is 5.51. The number of carbonyl (C=O) groups excluding carboxylic acids is 2. The molecule has 21 heavy (non-hydrogen) atoms. The number of hydrogen-bond donors (Lipinski definition) is 1. The highest BCUT2D eigenvalue weighted by molar-refractivity contribution is 5.81. The lowest BCUT2D eigenvalue weighted by atomic mass is 10.1. The zero-order chi connectivity index (χ0) is 15.9. The second-order valence-corrected chi connectivity index (χ2v) is 5.51. The fourth-order valence-corrected chi connectivity index (χ4v) is 1.58. The van der Waals surface area contributed by atoms with Crippen LogP contribution in [0.2, 0.25) is 0 Å². The average Bonchev–Trinajstić information content (AvgIpc) is 2.37.